The Kier molecular flexibility index (Phi) is 5.57. The number of halogens is 1. The molecule has 2 unspecified atom stereocenters. The van der Waals surface area contributed by atoms with Crippen LogP contribution < -0.4 is 5.73 Å². The molecule has 1 aromatic rings. The van der Waals surface area contributed by atoms with Crippen molar-refractivity contribution in [2.75, 3.05) is 18.8 Å². The first-order valence-corrected chi connectivity index (χ1v) is 9.10. The molecular formula is C16H25BrN2S. The third-order valence-electron chi connectivity index (χ3n) is 3.94. The van der Waals surface area contributed by atoms with Gasteiger partial charge < -0.3 is 5.73 Å². The van der Waals surface area contributed by atoms with Gasteiger partial charge >= 0.3 is 0 Å². The molecule has 2 nitrogen and oxygen atoms in total. The Morgan fingerprint density at radius 1 is 1.35 bits per heavy atom. The van der Waals surface area contributed by atoms with Gasteiger partial charge in [-0.15, -0.1) is 0 Å². The molecule has 0 spiro atoms. The minimum atomic E-state index is 0.190. The lowest BCUT2D eigenvalue weighted by molar-refractivity contribution is 0.161. The standard InChI is InChI=1S/C16H25BrN2S/c1-4-14(18)15(12-5-7-13(17)8-6-12)19-9-10-20-16(2,3)11-19/h5-8,14-15H,4,9-11,18H2,1-3H3. The van der Waals surface area contributed by atoms with Gasteiger partial charge in [-0.25, -0.2) is 0 Å². The highest BCUT2D eigenvalue weighted by atomic mass is 79.9. The molecule has 0 aliphatic carbocycles. The molecule has 0 amide bonds. The van der Waals surface area contributed by atoms with Crippen molar-refractivity contribution in [3.8, 4) is 0 Å². The first kappa shape index (κ1) is 16.3. The molecule has 0 aromatic heterocycles. The van der Waals surface area contributed by atoms with Gasteiger partial charge in [0.2, 0.25) is 0 Å². The van der Waals surface area contributed by atoms with Gasteiger partial charge in [-0.1, -0.05) is 35.0 Å². The third kappa shape index (κ3) is 4.00. The van der Waals surface area contributed by atoms with E-state index in [1.54, 1.807) is 0 Å². The Morgan fingerprint density at radius 3 is 2.55 bits per heavy atom. The molecule has 1 aliphatic heterocycles. The average molecular weight is 357 g/mol. The number of nitrogens with two attached hydrogens (primary N) is 1. The van der Waals surface area contributed by atoms with Crippen molar-refractivity contribution in [3.63, 3.8) is 0 Å². The molecule has 1 aromatic carbocycles. The number of hydrogen-bond acceptors (Lipinski definition) is 3. The quantitative estimate of drug-likeness (QED) is 0.881. The lowest BCUT2D eigenvalue weighted by atomic mass is 9.95. The van der Waals surface area contributed by atoms with Gasteiger partial charge in [-0.05, 0) is 38.0 Å². The Morgan fingerprint density at radius 2 is 2.00 bits per heavy atom. The number of hydrogen-bond donors (Lipinski definition) is 1. The normalized spacial score (nSPS) is 22.4. The second-order valence-electron chi connectivity index (χ2n) is 6.15. The highest BCUT2D eigenvalue weighted by molar-refractivity contribution is 9.10. The van der Waals surface area contributed by atoms with E-state index in [9.17, 15) is 0 Å². The predicted octanol–water partition coefficient (Wildman–Crippen LogP) is 4.05. The molecule has 112 valence electrons. The van der Waals surface area contributed by atoms with Crippen LogP contribution in [-0.2, 0) is 0 Å². The van der Waals surface area contributed by atoms with E-state index in [1.165, 1.54) is 11.3 Å². The molecule has 1 saturated heterocycles. The van der Waals surface area contributed by atoms with E-state index in [4.69, 9.17) is 5.73 Å². The van der Waals surface area contributed by atoms with Crippen LogP contribution in [0, 0.1) is 0 Å². The van der Waals surface area contributed by atoms with Crippen molar-refractivity contribution in [2.45, 2.75) is 44.0 Å². The second-order valence-corrected chi connectivity index (χ2v) is 8.86. The summed E-state index contributed by atoms with van der Waals surface area (Å²) in [5.74, 6) is 1.19. The summed E-state index contributed by atoms with van der Waals surface area (Å²) in [4.78, 5) is 2.58. The summed E-state index contributed by atoms with van der Waals surface area (Å²) in [7, 11) is 0. The first-order valence-electron chi connectivity index (χ1n) is 7.32. The molecule has 0 radical (unpaired) electrons. The van der Waals surface area contributed by atoms with Gasteiger partial charge in [0.15, 0.2) is 0 Å². The molecule has 1 aliphatic rings. The molecule has 2 rings (SSSR count). The van der Waals surface area contributed by atoms with Crippen LogP contribution in [0.1, 0.15) is 38.8 Å². The Hall–Kier alpha value is -0.0300. The van der Waals surface area contributed by atoms with Crippen LogP contribution in [-0.4, -0.2) is 34.5 Å². The molecule has 2 atom stereocenters. The molecule has 1 heterocycles. The Balaban J connectivity index is 2.25. The largest absolute Gasteiger partial charge is 0.326 e. The zero-order chi connectivity index (χ0) is 14.8. The number of rotatable bonds is 4. The van der Waals surface area contributed by atoms with Crippen LogP contribution in [0.4, 0.5) is 0 Å². The summed E-state index contributed by atoms with van der Waals surface area (Å²) in [5, 5.41) is 0. The summed E-state index contributed by atoms with van der Waals surface area (Å²) >= 11 is 5.58. The van der Waals surface area contributed by atoms with Crippen molar-refractivity contribution < 1.29 is 0 Å². The fraction of sp³-hybridized carbons (Fsp3) is 0.625. The molecule has 0 saturated carbocycles. The molecule has 0 bridgehead atoms. The smallest absolute Gasteiger partial charge is 0.0499 e. The first-order chi connectivity index (χ1) is 9.43. The Labute approximate surface area is 135 Å². The van der Waals surface area contributed by atoms with Crippen molar-refractivity contribution in [1.29, 1.82) is 0 Å². The molecular weight excluding hydrogens is 332 g/mol. The van der Waals surface area contributed by atoms with Crippen LogP contribution in [0.25, 0.3) is 0 Å². The van der Waals surface area contributed by atoms with E-state index in [2.05, 4.69) is 77.6 Å². The van der Waals surface area contributed by atoms with Crippen LogP contribution in [0.5, 0.6) is 0 Å². The number of thioether (sulfide) groups is 1. The van der Waals surface area contributed by atoms with Crippen molar-refractivity contribution >= 4 is 27.7 Å². The van der Waals surface area contributed by atoms with Gasteiger partial charge in [-0.3, -0.25) is 4.90 Å². The van der Waals surface area contributed by atoms with E-state index < -0.39 is 0 Å². The maximum atomic E-state index is 6.45. The summed E-state index contributed by atoms with van der Waals surface area (Å²) < 4.78 is 1.44. The topological polar surface area (TPSA) is 29.3 Å². The lowest BCUT2D eigenvalue weighted by Crippen LogP contribution is -2.49. The highest BCUT2D eigenvalue weighted by Gasteiger charge is 2.33. The van der Waals surface area contributed by atoms with Gasteiger partial charge in [0.1, 0.15) is 0 Å². The second kappa shape index (κ2) is 6.82. The van der Waals surface area contributed by atoms with E-state index in [0.29, 0.717) is 10.8 Å². The van der Waals surface area contributed by atoms with Gasteiger partial charge in [-0.2, -0.15) is 11.8 Å². The molecule has 20 heavy (non-hydrogen) atoms. The summed E-state index contributed by atoms with van der Waals surface area (Å²) in [6, 6.07) is 9.17. The summed E-state index contributed by atoms with van der Waals surface area (Å²) in [6.45, 7) is 9.08. The third-order valence-corrected chi connectivity index (χ3v) is 5.76. The monoisotopic (exact) mass is 356 g/mol. The van der Waals surface area contributed by atoms with E-state index in [1.807, 2.05) is 0 Å². The van der Waals surface area contributed by atoms with E-state index in [0.717, 1.165) is 24.0 Å². The van der Waals surface area contributed by atoms with Gasteiger partial charge in [0.25, 0.3) is 0 Å². The zero-order valence-corrected chi connectivity index (χ0v) is 15.0. The van der Waals surface area contributed by atoms with E-state index >= 15 is 0 Å². The average Bonchev–Trinajstić information content (AvgIpc) is 2.40. The maximum Gasteiger partial charge on any atom is 0.0499 e. The minimum absolute atomic E-state index is 0.190. The fourth-order valence-corrected chi connectivity index (χ4v) is 4.30. The number of nitrogens with zero attached hydrogens (tertiary/aromatic N) is 1. The predicted molar refractivity (Wildman–Crippen MR) is 93.3 cm³/mol. The van der Waals surface area contributed by atoms with Crippen molar-refractivity contribution in [2.24, 2.45) is 5.73 Å². The maximum absolute atomic E-state index is 6.45. The minimum Gasteiger partial charge on any atom is -0.326 e. The van der Waals surface area contributed by atoms with Crippen LogP contribution in [0.15, 0.2) is 28.7 Å². The summed E-state index contributed by atoms with van der Waals surface area (Å²) in [6.07, 6.45) is 1.00. The van der Waals surface area contributed by atoms with Gasteiger partial charge in [0.05, 0.1) is 0 Å². The molecule has 4 heteroatoms. The van der Waals surface area contributed by atoms with E-state index in [-0.39, 0.29) is 6.04 Å². The number of benzene rings is 1. The molecule has 1 fully saturated rings. The molecule has 2 N–H and O–H groups in total. The fourth-order valence-electron chi connectivity index (χ4n) is 2.90. The lowest BCUT2D eigenvalue weighted by Gasteiger charge is -2.44. The zero-order valence-electron chi connectivity index (χ0n) is 12.6. The van der Waals surface area contributed by atoms with Crippen molar-refractivity contribution in [1.82, 2.24) is 4.90 Å². The van der Waals surface area contributed by atoms with Crippen LogP contribution >= 0.6 is 27.7 Å². The summed E-state index contributed by atoms with van der Waals surface area (Å²) in [5.41, 5.74) is 7.78. The van der Waals surface area contributed by atoms with Crippen LogP contribution in [0.3, 0.4) is 0 Å². The Bertz CT molecular complexity index is 433. The van der Waals surface area contributed by atoms with Crippen molar-refractivity contribution in [3.05, 3.63) is 34.3 Å². The SMILES string of the molecule is CCC(N)C(c1ccc(Br)cc1)N1CCSC(C)(C)C1. The highest BCUT2D eigenvalue weighted by Crippen LogP contribution is 2.35. The van der Waals surface area contributed by atoms with Gasteiger partial charge in [0, 0.05) is 40.1 Å². The van der Waals surface area contributed by atoms with Crippen LogP contribution in [0.2, 0.25) is 0 Å².